The zero-order chi connectivity index (χ0) is 23.1. The second kappa shape index (κ2) is 8.55. The van der Waals surface area contributed by atoms with Crippen molar-refractivity contribution < 1.29 is 18.6 Å². The highest BCUT2D eigenvalue weighted by atomic mass is 19.1. The molecule has 9 heteroatoms. The van der Waals surface area contributed by atoms with Crippen molar-refractivity contribution in [3.05, 3.63) is 58.8 Å². The summed E-state index contributed by atoms with van der Waals surface area (Å²) in [6.45, 7) is 0. The quantitative estimate of drug-likeness (QED) is 0.629. The number of aryl methyl sites for hydroxylation is 1. The number of ether oxygens (including phenoxy) is 1. The Labute approximate surface area is 189 Å². The minimum Gasteiger partial charge on any atom is -0.507 e. The van der Waals surface area contributed by atoms with E-state index in [1.165, 1.54) is 22.9 Å². The van der Waals surface area contributed by atoms with Crippen LogP contribution in [-0.4, -0.2) is 44.2 Å². The Morgan fingerprint density at radius 3 is 2.76 bits per heavy atom. The molecule has 2 aliphatic rings. The Balaban J connectivity index is 1.36. The molecule has 1 aromatic carbocycles. The lowest BCUT2D eigenvalue weighted by molar-refractivity contribution is 0.00652. The highest BCUT2D eigenvalue weighted by Crippen LogP contribution is 2.35. The van der Waals surface area contributed by atoms with Crippen LogP contribution in [0.1, 0.15) is 25.7 Å². The molecule has 2 aromatic heterocycles. The summed E-state index contributed by atoms with van der Waals surface area (Å²) in [5.74, 6) is -0.632. The number of piperidine rings is 2. The Morgan fingerprint density at radius 1 is 1.15 bits per heavy atom. The van der Waals surface area contributed by atoms with E-state index in [-0.39, 0.29) is 46.1 Å². The van der Waals surface area contributed by atoms with E-state index in [0.29, 0.717) is 12.0 Å². The van der Waals surface area contributed by atoms with Crippen molar-refractivity contribution in [2.45, 2.75) is 50.0 Å². The van der Waals surface area contributed by atoms with Crippen LogP contribution < -0.4 is 15.6 Å². The lowest BCUT2D eigenvalue weighted by atomic mass is 9.84. The molecule has 2 saturated heterocycles. The fourth-order valence-electron chi connectivity index (χ4n) is 4.66. The van der Waals surface area contributed by atoms with Gasteiger partial charge in [-0.2, -0.15) is 0 Å². The Morgan fingerprint density at radius 2 is 2.00 bits per heavy atom. The van der Waals surface area contributed by atoms with Gasteiger partial charge in [0.1, 0.15) is 17.7 Å². The molecule has 7 nitrogen and oxygen atoms in total. The molecule has 2 bridgehead atoms. The molecule has 5 rings (SSSR count). The number of pyridine rings is 1. The number of aromatic hydroxyl groups is 1. The lowest BCUT2D eigenvalue weighted by Crippen LogP contribution is -2.59. The van der Waals surface area contributed by atoms with Gasteiger partial charge in [-0.05, 0) is 42.7 Å². The van der Waals surface area contributed by atoms with Crippen molar-refractivity contribution in [1.29, 1.82) is 0 Å². The Hall–Kier alpha value is -3.33. The minimum atomic E-state index is -1.12. The van der Waals surface area contributed by atoms with Gasteiger partial charge in [0, 0.05) is 55.0 Å². The van der Waals surface area contributed by atoms with Crippen molar-refractivity contribution in [2.24, 2.45) is 7.05 Å². The number of nitrogens with zero attached hydrogens (tertiary/aromatic N) is 3. The third kappa shape index (κ3) is 4.20. The van der Waals surface area contributed by atoms with Crippen LogP contribution in [0.3, 0.4) is 0 Å². The summed E-state index contributed by atoms with van der Waals surface area (Å²) in [4.78, 5) is 11.9. The van der Waals surface area contributed by atoms with E-state index >= 15 is 0 Å². The molecule has 4 heterocycles. The van der Waals surface area contributed by atoms with E-state index in [4.69, 9.17) is 4.74 Å². The first-order valence-electron chi connectivity index (χ1n) is 11.0. The minimum absolute atomic E-state index is 0.104. The van der Waals surface area contributed by atoms with E-state index in [0.717, 1.165) is 25.3 Å². The molecule has 3 aromatic rings. The van der Waals surface area contributed by atoms with Gasteiger partial charge >= 0.3 is 0 Å². The van der Waals surface area contributed by atoms with Gasteiger partial charge in [-0.15, -0.1) is 10.2 Å². The largest absolute Gasteiger partial charge is 0.507 e. The number of hydrogen-bond acceptors (Lipinski definition) is 6. The van der Waals surface area contributed by atoms with E-state index in [9.17, 15) is 18.7 Å². The van der Waals surface area contributed by atoms with Gasteiger partial charge in [0.25, 0.3) is 5.56 Å². The first kappa shape index (κ1) is 21.5. The monoisotopic (exact) mass is 454 g/mol. The second-order valence-corrected chi connectivity index (χ2v) is 8.71. The average molecular weight is 454 g/mol. The highest BCUT2D eigenvalue weighted by molar-refractivity contribution is 5.74. The van der Waals surface area contributed by atoms with E-state index < -0.39 is 18.1 Å². The maximum Gasteiger partial charge on any atom is 0.250 e. The smallest absolute Gasteiger partial charge is 0.250 e. The molecular weight excluding hydrogens is 430 g/mol. The summed E-state index contributed by atoms with van der Waals surface area (Å²) in [6.07, 6.45) is 3.20. The fraction of sp³-hybridized carbons (Fsp3) is 0.375. The summed E-state index contributed by atoms with van der Waals surface area (Å²) >= 11 is 0. The number of hydrogen-bond donors (Lipinski definition) is 2. The summed E-state index contributed by atoms with van der Waals surface area (Å²) in [6, 6.07) is 8.44. The van der Waals surface area contributed by atoms with Crippen molar-refractivity contribution in [2.75, 3.05) is 0 Å². The molecule has 0 amide bonds. The number of phenolic OH excluding ortho intramolecular Hbond substituents is 1. The molecule has 33 heavy (non-hydrogen) atoms. The first-order chi connectivity index (χ1) is 15.9. The molecule has 0 radical (unpaired) electrons. The lowest BCUT2D eigenvalue weighted by Gasteiger charge is -2.42. The van der Waals surface area contributed by atoms with Crippen molar-refractivity contribution in [3.8, 4) is 34.0 Å². The number of rotatable bonds is 4. The summed E-state index contributed by atoms with van der Waals surface area (Å²) in [5.41, 5.74) is 0.573. The Kier molecular flexibility index (Phi) is 5.57. The summed E-state index contributed by atoms with van der Waals surface area (Å²) in [7, 11) is 1.60. The van der Waals surface area contributed by atoms with Gasteiger partial charge in [0.15, 0.2) is 6.17 Å². The van der Waals surface area contributed by atoms with Crippen LogP contribution in [0.4, 0.5) is 8.78 Å². The van der Waals surface area contributed by atoms with Crippen LogP contribution in [0.2, 0.25) is 0 Å². The van der Waals surface area contributed by atoms with Crippen LogP contribution in [0, 0.1) is 5.82 Å². The van der Waals surface area contributed by atoms with Crippen LogP contribution in [-0.2, 0) is 7.05 Å². The molecule has 0 unspecified atom stereocenters. The van der Waals surface area contributed by atoms with Crippen molar-refractivity contribution >= 4 is 0 Å². The van der Waals surface area contributed by atoms with E-state index in [1.54, 1.807) is 25.2 Å². The third-order valence-corrected chi connectivity index (χ3v) is 6.46. The van der Waals surface area contributed by atoms with Gasteiger partial charge < -0.3 is 19.7 Å². The molecule has 4 atom stereocenters. The topological polar surface area (TPSA) is 89.3 Å². The van der Waals surface area contributed by atoms with Crippen LogP contribution >= 0.6 is 0 Å². The van der Waals surface area contributed by atoms with Crippen molar-refractivity contribution in [3.63, 3.8) is 0 Å². The predicted molar refractivity (Wildman–Crippen MR) is 118 cm³/mol. The van der Waals surface area contributed by atoms with Gasteiger partial charge in [0.05, 0.1) is 5.69 Å². The van der Waals surface area contributed by atoms with Gasteiger partial charge in [-0.3, -0.25) is 4.79 Å². The third-order valence-electron chi connectivity index (χ3n) is 6.46. The number of fused-ring (bicyclic) bond motifs is 2. The summed E-state index contributed by atoms with van der Waals surface area (Å²) in [5, 5.41) is 21.9. The maximum atomic E-state index is 14.8. The predicted octanol–water partition coefficient (Wildman–Crippen LogP) is 3.35. The van der Waals surface area contributed by atoms with Crippen LogP contribution in [0.25, 0.3) is 22.4 Å². The fourth-order valence-corrected chi connectivity index (χ4v) is 4.66. The molecule has 172 valence electrons. The van der Waals surface area contributed by atoms with Gasteiger partial charge in [-0.25, -0.2) is 8.78 Å². The normalized spacial score (nSPS) is 24.5. The molecule has 2 N–H and O–H groups in total. The highest BCUT2D eigenvalue weighted by Gasteiger charge is 2.41. The number of alkyl halides is 1. The van der Waals surface area contributed by atoms with Crippen LogP contribution in [0.5, 0.6) is 11.6 Å². The average Bonchev–Trinajstić information content (AvgIpc) is 2.81. The summed E-state index contributed by atoms with van der Waals surface area (Å²) < 4.78 is 36.7. The molecule has 0 saturated carbocycles. The molecule has 2 fully saturated rings. The zero-order valence-electron chi connectivity index (χ0n) is 18.0. The molecule has 0 spiro atoms. The standard InChI is InChI=1S/C24H24F2N4O3/c1-30-8-7-13(9-23(30)32)15-12-20(31)16(11-17(15)25)18-5-6-22(29-28-18)33-21-10-14-3-2-4-19(27-14)24(21)26/h5-9,11-12,14,19,21,24,27,31H,2-4,10H2,1H3/t14-,19+,21-,24+/m0/s1. The van der Waals surface area contributed by atoms with Gasteiger partial charge in [-0.1, -0.05) is 6.42 Å². The number of benzene rings is 1. The van der Waals surface area contributed by atoms with E-state index in [2.05, 4.69) is 15.5 Å². The number of phenols is 1. The second-order valence-electron chi connectivity index (χ2n) is 8.71. The first-order valence-corrected chi connectivity index (χ1v) is 11.0. The van der Waals surface area contributed by atoms with Crippen molar-refractivity contribution in [1.82, 2.24) is 20.1 Å². The molecular formula is C24H24F2N4O3. The number of halogens is 2. The SMILES string of the molecule is Cn1ccc(-c2cc(O)c(-c3ccc(O[C@H]4C[C@@H]5CCC[C@@H](N5)[C@H]4F)nn3)cc2F)cc1=O. The van der Waals surface area contributed by atoms with Gasteiger partial charge in [0.2, 0.25) is 5.88 Å². The molecule has 2 aliphatic heterocycles. The number of aromatic nitrogens is 3. The van der Waals surface area contributed by atoms with E-state index in [1.807, 2.05) is 0 Å². The zero-order valence-corrected chi connectivity index (χ0v) is 18.0. The van der Waals surface area contributed by atoms with Crippen LogP contribution in [0.15, 0.2) is 47.4 Å². The molecule has 0 aliphatic carbocycles. The number of nitrogens with one attached hydrogen (secondary N) is 1. The Bertz CT molecular complexity index is 1230. The maximum absolute atomic E-state index is 14.8.